The smallest absolute Gasteiger partial charge is 0.118 e. The molecular weight excluding hydrogens is 108 g/mol. The second-order valence-electron chi connectivity index (χ2n) is 1.25. The van der Waals surface area contributed by atoms with Crippen molar-refractivity contribution in [2.75, 3.05) is 0 Å². The Balaban J connectivity index is 2.39. The van der Waals surface area contributed by atoms with Gasteiger partial charge in [0.1, 0.15) is 5.25 Å². The van der Waals surface area contributed by atoms with Crippen molar-refractivity contribution >= 4 is 18.2 Å². The Morgan fingerprint density at radius 3 is 3.14 bits per heavy atom. The molecule has 0 aromatic rings. The number of nitrogens with zero attached hydrogens (tertiary/aromatic N) is 2. The molecular formula is C4H4N2S. The molecule has 2 nitrogen and oxygen atoms in total. The summed E-state index contributed by atoms with van der Waals surface area (Å²) < 4.78 is 3.80. The fourth-order valence-electron chi connectivity index (χ4n) is 0.375. The number of nitriles is 1. The molecule has 0 radical (unpaired) electrons. The summed E-state index contributed by atoms with van der Waals surface area (Å²) in [4.78, 5) is 0. The van der Waals surface area contributed by atoms with E-state index in [1.54, 1.807) is 6.21 Å². The average molecular weight is 112 g/mol. The van der Waals surface area contributed by atoms with Gasteiger partial charge in [0.2, 0.25) is 0 Å². The van der Waals surface area contributed by atoms with Crippen molar-refractivity contribution in [1.82, 2.24) is 0 Å². The van der Waals surface area contributed by atoms with E-state index < -0.39 is 0 Å². The van der Waals surface area contributed by atoms with Crippen LogP contribution >= 0.6 is 11.9 Å². The summed E-state index contributed by atoms with van der Waals surface area (Å²) in [5.41, 5.74) is 0. The molecule has 0 aromatic carbocycles. The van der Waals surface area contributed by atoms with Crippen molar-refractivity contribution in [3.05, 3.63) is 0 Å². The van der Waals surface area contributed by atoms with E-state index in [4.69, 9.17) is 5.26 Å². The minimum absolute atomic E-state index is 0.0972. The van der Waals surface area contributed by atoms with Gasteiger partial charge in [0.15, 0.2) is 0 Å². The van der Waals surface area contributed by atoms with Gasteiger partial charge in [0, 0.05) is 12.6 Å². The van der Waals surface area contributed by atoms with Crippen molar-refractivity contribution < 1.29 is 0 Å². The Morgan fingerprint density at radius 1 is 2.00 bits per heavy atom. The van der Waals surface area contributed by atoms with Gasteiger partial charge in [-0.15, -0.1) is 0 Å². The zero-order valence-corrected chi connectivity index (χ0v) is 4.48. The summed E-state index contributed by atoms with van der Waals surface area (Å²) in [6.07, 6.45) is 2.60. The predicted molar refractivity (Wildman–Crippen MR) is 30.1 cm³/mol. The van der Waals surface area contributed by atoms with Crippen LogP contribution in [0.2, 0.25) is 0 Å². The standard InChI is InChI=1S/C4H4N2S/c5-3-4-1-2-6-7-4/h2,4H,1H2. The molecule has 1 aliphatic rings. The zero-order valence-electron chi connectivity index (χ0n) is 3.66. The highest BCUT2D eigenvalue weighted by molar-refractivity contribution is 7.99. The highest BCUT2D eigenvalue weighted by atomic mass is 32.2. The third-order valence-corrected chi connectivity index (χ3v) is 1.55. The van der Waals surface area contributed by atoms with Crippen LogP contribution in [0.4, 0.5) is 0 Å². The van der Waals surface area contributed by atoms with E-state index in [1.165, 1.54) is 11.9 Å². The SMILES string of the molecule is N#CC1CC=NS1. The van der Waals surface area contributed by atoms with Gasteiger partial charge in [-0.2, -0.15) is 5.26 Å². The maximum atomic E-state index is 8.22. The lowest BCUT2D eigenvalue weighted by Crippen LogP contribution is -1.89. The minimum atomic E-state index is 0.0972. The van der Waals surface area contributed by atoms with Crippen molar-refractivity contribution in [2.45, 2.75) is 11.7 Å². The molecule has 0 fully saturated rings. The third kappa shape index (κ3) is 0.937. The van der Waals surface area contributed by atoms with Crippen LogP contribution < -0.4 is 0 Å². The molecule has 0 N–H and O–H groups in total. The van der Waals surface area contributed by atoms with Gasteiger partial charge in [0.25, 0.3) is 0 Å². The van der Waals surface area contributed by atoms with Crippen LogP contribution in [-0.4, -0.2) is 11.5 Å². The molecule has 0 spiro atoms. The molecule has 1 heterocycles. The van der Waals surface area contributed by atoms with Crippen LogP contribution in [0.25, 0.3) is 0 Å². The molecule has 1 unspecified atom stereocenters. The van der Waals surface area contributed by atoms with Crippen LogP contribution in [0.3, 0.4) is 0 Å². The van der Waals surface area contributed by atoms with Gasteiger partial charge < -0.3 is 0 Å². The van der Waals surface area contributed by atoms with E-state index in [1.807, 2.05) is 0 Å². The first-order chi connectivity index (χ1) is 3.43. The van der Waals surface area contributed by atoms with E-state index >= 15 is 0 Å². The molecule has 0 bridgehead atoms. The maximum absolute atomic E-state index is 8.22. The lowest BCUT2D eigenvalue weighted by atomic mass is 10.3. The summed E-state index contributed by atoms with van der Waals surface area (Å²) in [6, 6.07) is 2.10. The number of hydrogen-bond acceptors (Lipinski definition) is 3. The largest absolute Gasteiger partial charge is 0.228 e. The highest BCUT2D eigenvalue weighted by Crippen LogP contribution is 2.18. The molecule has 0 aromatic heterocycles. The van der Waals surface area contributed by atoms with Crippen LogP contribution in [0.5, 0.6) is 0 Å². The van der Waals surface area contributed by atoms with E-state index in [-0.39, 0.29) is 5.25 Å². The maximum Gasteiger partial charge on any atom is 0.118 e. The molecule has 1 aliphatic heterocycles. The Bertz CT molecular complexity index is 116. The summed E-state index contributed by atoms with van der Waals surface area (Å²) in [7, 11) is 0. The van der Waals surface area contributed by atoms with E-state index in [0.29, 0.717) is 0 Å². The van der Waals surface area contributed by atoms with Crippen LogP contribution in [-0.2, 0) is 0 Å². The Hall–Kier alpha value is -0.490. The van der Waals surface area contributed by atoms with Gasteiger partial charge in [-0.25, -0.2) is 4.40 Å². The first-order valence-corrected chi connectivity index (χ1v) is 2.84. The number of rotatable bonds is 0. The molecule has 0 aliphatic carbocycles. The Morgan fingerprint density at radius 2 is 2.86 bits per heavy atom. The van der Waals surface area contributed by atoms with Gasteiger partial charge in [-0.1, -0.05) is 0 Å². The number of hydrogen-bond donors (Lipinski definition) is 0. The average Bonchev–Trinajstić information content (AvgIpc) is 2.14. The molecule has 0 saturated carbocycles. The van der Waals surface area contributed by atoms with Gasteiger partial charge in [-0.3, -0.25) is 0 Å². The lowest BCUT2D eigenvalue weighted by Gasteiger charge is -1.85. The predicted octanol–water partition coefficient (Wildman–Crippen LogP) is 1.00. The van der Waals surface area contributed by atoms with E-state index in [0.717, 1.165) is 6.42 Å². The van der Waals surface area contributed by atoms with Crippen molar-refractivity contribution in [1.29, 1.82) is 5.26 Å². The molecule has 1 rings (SSSR count). The highest BCUT2D eigenvalue weighted by Gasteiger charge is 2.09. The minimum Gasteiger partial charge on any atom is -0.228 e. The topological polar surface area (TPSA) is 36.1 Å². The zero-order chi connectivity index (χ0) is 5.11. The summed E-state index contributed by atoms with van der Waals surface area (Å²) in [6.45, 7) is 0. The molecule has 0 amide bonds. The lowest BCUT2D eigenvalue weighted by molar-refractivity contribution is 1.17. The first-order valence-electron chi connectivity index (χ1n) is 2.01. The quantitative estimate of drug-likeness (QED) is 0.438. The fourth-order valence-corrected chi connectivity index (χ4v) is 0.913. The van der Waals surface area contributed by atoms with Crippen molar-refractivity contribution in [3.63, 3.8) is 0 Å². The Labute approximate surface area is 46.4 Å². The second kappa shape index (κ2) is 1.99. The van der Waals surface area contributed by atoms with E-state index in [2.05, 4.69) is 10.5 Å². The molecule has 3 heteroatoms. The van der Waals surface area contributed by atoms with Crippen molar-refractivity contribution in [2.24, 2.45) is 4.40 Å². The normalized spacial score (nSPS) is 27.6. The first kappa shape index (κ1) is 4.66. The monoisotopic (exact) mass is 112 g/mol. The van der Waals surface area contributed by atoms with Gasteiger partial charge in [-0.05, 0) is 11.9 Å². The summed E-state index contributed by atoms with van der Waals surface area (Å²) in [5, 5.41) is 8.31. The van der Waals surface area contributed by atoms with Gasteiger partial charge >= 0.3 is 0 Å². The van der Waals surface area contributed by atoms with Gasteiger partial charge in [0.05, 0.1) is 6.07 Å². The van der Waals surface area contributed by atoms with Crippen LogP contribution in [0.15, 0.2) is 4.40 Å². The van der Waals surface area contributed by atoms with Crippen molar-refractivity contribution in [3.8, 4) is 6.07 Å². The second-order valence-corrected chi connectivity index (χ2v) is 2.24. The van der Waals surface area contributed by atoms with Crippen LogP contribution in [0, 0.1) is 11.3 Å². The Kier molecular flexibility index (Phi) is 1.32. The third-order valence-electron chi connectivity index (χ3n) is 0.726. The van der Waals surface area contributed by atoms with Crippen LogP contribution in [0.1, 0.15) is 6.42 Å². The fraction of sp³-hybridized carbons (Fsp3) is 0.500. The summed E-state index contributed by atoms with van der Waals surface area (Å²) in [5.74, 6) is 0. The van der Waals surface area contributed by atoms with E-state index in [9.17, 15) is 0 Å². The molecule has 7 heavy (non-hydrogen) atoms. The summed E-state index contributed by atoms with van der Waals surface area (Å²) >= 11 is 1.35. The molecule has 36 valence electrons. The molecule has 0 saturated heterocycles. The molecule has 1 atom stereocenters.